The summed E-state index contributed by atoms with van der Waals surface area (Å²) in [5.41, 5.74) is 1.58. The third kappa shape index (κ3) is 2.29. The Bertz CT molecular complexity index is 582. The lowest BCUT2D eigenvalue weighted by atomic mass is 10.2. The standard InChI is InChI=1S/C12H13NO4/c14-6-2-1-5-13-10-4-3-9(8-15)7-11(10)17-12(13)16/h3-4,7-8,14H,1-2,5-6H2. The van der Waals surface area contributed by atoms with Crippen LogP contribution in [-0.2, 0) is 6.54 Å². The van der Waals surface area contributed by atoms with Crippen molar-refractivity contribution < 1.29 is 14.3 Å². The Balaban J connectivity index is 2.38. The number of aryl methyl sites for hydroxylation is 1. The van der Waals surface area contributed by atoms with E-state index in [9.17, 15) is 9.59 Å². The van der Waals surface area contributed by atoms with Gasteiger partial charge >= 0.3 is 5.76 Å². The van der Waals surface area contributed by atoms with Gasteiger partial charge in [0.1, 0.15) is 6.29 Å². The van der Waals surface area contributed by atoms with Crippen molar-refractivity contribution in [3.05, 3.63) is 34.3 Å². The van der Waals surface area contributed by atoms with E-state index in [-0.39, 0.29) is 6.61 Å². The van der Waals surface area contributed by atoms with Crippen LogP contribution in [0, 0.1) is 0 Å². The SMILES string of the molecule is O=Cc1ccc2c(c1)oc(=O)n2CCCCO. The molecular formula is C12H13NO4. The number of fused-ring (bicyclic) bond motifs is 1. The minimum atomic E-state index is -0.430. The number of aldehydes is 1. The Morgan fingerprint density at radius 3 is 2.88 bits per heavy atom. The van der Waals surface area contributed by atoms with E-state index >= 15 is 0 Å². The Hall–Kier alpha value is -1.88. The van der Waals surface area contributed by atoms with Crippen molar-refractivity contribution in [1.29, 1.82) is 0 Å². The second-order valence-corrected chi connectivity index (χ2v) is 3.80. The van der Waals surface area contributed by atoms with E-state index in [4.69, 9.17) is 9.52 Å². The van der Waals surface area contributed by atoms with Gasteiger partial charge in [0.15, 0.2) is 5.58 Å². The van der Waals surface area contributed by atoms with Crippen LogP contribution >= 0.6 is 0 Å². The first-order valence-corrected chi connectivity index (χ1v) is 5.45. The number of carbonyl (C=O) groups excluding carboxylic acids is 1. The molecule has 0 amide bonds. The molecule has 0 aliphatic rings. The van der Waals surface area contributed by atoms with Crippen molar-refractivity contribution in [3.63, 3.8) is 0 Å². The van der Waals surface area contributed by atoms with E-state index < -0.39 is 5.76 Å². The highest BCUT2D eigenvalue weighted by molar-refractivity contribution is 5.83. The van der Waals surface area contributed by atoms with Gasteiger partial charge in [0.2, 0.25) is 0 Å². The van der Waals surface area contributed by atoms with Crippen molar-refractivity contribution in [1.82, 2.24) is 4.57 Å². The molecule has 2 aromatic rings. The van der Waals surface area contributed by atoms with Gasteiger partial charge in [-0.1, -0.05) is 0 Å². The molecule has 0 unspecified atom stereocenters. The van der Waals surface area contributed by atoms with E-state index in [1.807, 2.05) is 0 Å². The second kappa shape index (κ2) is 4.97. The molecule has 5 heteroatoms. The Morgan fingerprint density at radius 1 is 1.35 bits per heavy atom. The summed E-state index contributed by atoms with van der Waals surface area (Å²) in [6, 6.07) is 4.89. The van der Waals surface area contributed by atoms with Gasteiger partial charge in [-0.15, -0.1) is 0 Å². The molecule has 1 aromatic carbocycles. The molecule has 90 valence electrons. The molecule has 0 aliphatic heterocycles. The smallest absolute Gasteiger partial charge is 0.408 e. The maximum absolute atomic E-state index is 11.6. The Labute approximate surface area is 97.3 Å². The molecule has 0 fully saturated rings. The monoisotopic (exact) mass is 235 g/mol. The van der Waals surface area contributed by atoms with Gasteiger partial charge in [-0.2, -0.15) is 0 Å². The number of benzene rings is 1. The largest absolute Gasteiger partial charge is 0.419 e. The van der Waals surface area contributed by atoms with Gasteiger partial charge in [-0.05, 0) is 31.0 Å². The Morgan fingerprint density at radius 2 is 2.18 bits per heavy atom. The van der Waals surface area contributed by atoms with Gasteiger partial charge in [0.25, 0.3) is 0 Å². The lowest BCUT2D eigenvalue weighted by molar-refractivity contribution is 0.112. The quantitative estimate of drug-likeness (QED) is 0.624. The van der Waals surface area contributed by atoms with Crippen molar-refractivity contribution in [3.8, 4) is 0 Å². The predicted molar refractivity (Wildman–Crippen MR) is 62.2 cm³/mol. The van der Waals surface area contributed by atoms with Crippen molar-refractivity contribution in [2.24, 2.45) is 0 Å². The third-order valence-electron chi connectivity index (χ3n) is 2.62. The number of aromatic nitrogens is 1. The van der Waals surface area contributed by atoms with Crippen LogP contribution in [0.1, 0.15) is 23.2 Å². The average molecular weight is 235 g/mol. The molecule has 0 radical (unpaired) electrons. The number of nitrogens with zero attached hydrogens (tertiary/aromatic N) is 1. The van der Waals surface area contributed by atoms with Crippen LogP contribution in [0.3, 0.4) is 0 Å². The summed E-state index contributed by atoms with van der Waals surface area (Å²) >= 11 is 0. The van der Waals surface area contributed by atoms with Crippen LogP contribution in [0.25, 0.3) is 11.1 Å². The fraction of sp³-hybridized carbons (Fsp3) is 0.333. The normalized spacial score (nSPS) is 10.9. The van der Waals surface area contributed by atoms with Crippen molar-refractivity contribution >= 4 is 17.4 Å². The number of hydrogen-bond acceptors (Lipinski definition) is 4. The fourth-order valence-corrected chi connectivity index (χ4v) is 1.75. The maximum Gasteiger partial charge on any atom is 0.419 e. The Kier molecular flexibility index (Phi) is 3.39. The first-order chi connectivity index (χ1) is 8.26. The zero-order valence-corrected chi connectivity index (χ0v) is 9.26. The molecular weight excluding hydrogens is 222 g/mol. The van der Waals surface area contributed by atoms with Gasteiger partial charge in [-0.3, -0.25) is 9.36 Å². The van der Waals surface area contributed by atoms with Gasteiger partial charge < -0.3 is 9.52 Å². The van der Waals surface area contributed by atoms with E-state index in [0.29, 0.717) is 42.3 Å². The summed E-state index contributed by atoms with van der Waals surface area (Å²) in [5, 5.41) is 8.70. The minimum Gasteiger partial charge on any atom is -0.408 e. The summed E-state index contributed by atoms with van der Waals surface area (Å²) in [4.78, 5) is 22.2. The summed E-state index contributed by atoms with van der Waals surface area (Å²) in [5.74, 6) is -0.430. The summed E-state index contributed by atoms with van der Waals surface area (Å²) < 4.78 is 6.57. The fourth-order valence-electron chi connectivity index (χ4n) is 1.75. The molecule has 1 N–H and O–H groups in total. The zero-order valence-electron chi connectivity index (χ0n) is 9.26. The number of aliphatic hydroxyl groups is 1. The minimum absolute atomic E-state index is 0.111. The summed E-state index contributed by atoms with van der Waals surface area (Å²) in [6.45, 7) is 0.618. The third-order valence-corrected chi connectivity index (χ3v) is 2.62. The predicted octanol–water partition coefficient (Wildman–Crippen LogP) is 1.18. The summed E-state index contributed by atoms with van der Waals surface area (Å²) in [7, 11) is 0. The number of unbranched alkanes of at least 4 members (excludes halogenated alkanes) is 1. The number of hydrogen-bond donors (Lipinski definition) is 1. The van der Waals surface area contributed by atoms with Gasteiger partial charge in [0, 0.05) is 18.7 Å². The van der Waals surface area contributed by atoms with Crippen LogP contribution < -0.4 is 5.76 Å². The molecule has 0 bridgehead atoms. The lowest BCUT2D eigenvalue weighted by Crippen LogP contribution is -2.14. The van der Waals surface area contributed by atoms with E-state index in [1.165, 1.54) is 4.57 Å². The maximum atomic E-state index is 11.6. The molecule has 5 nitrogen and oxygen atoms in total. The summed E-state index contributed by atoms with van der Waals surface area (Å²) in [6.07, 6.45) is 2.06. The molecule has 0 saturated carbocycles. The molecule has 0 spiro atoms. The van der Waals surface area contributed by atoms with E-state index in [0.717, 1.165) is 0 Å². The highest BCUT2D eigenvalue weighted by atomic mass is 16.4. The number of rotatable bonds is 5. The lowest BCUT2D eigenvalue weighted by Gasteiger charge is -2.00. The average Bonchev–Trinajstić information content (AvgIpc) is 2.65. The second-order valence-electron chi connectivity index (χ2n) is 3.80. The highest BCUT2D eigenvalue weighted by Gasteiger charge is 2.09. The number of aliphatic hydroxyl groups excluding tert-OH is 1. The van der Waals surface area contributed by atoms with Crippen LogP contribution in [0.5, 0.6) is 0 Å². The zero-order chi connectivity index (χ0) is 12.3. The van der Waals surface area contributed by atoms with Crippen molar-refractivity contribution in [2.45, 2.75) is 19.4 Å². The van der Waals surface area contributed by atoms with E-state index in [1.54, 1.807) is 18.2 Å². The molecule has 2 rings (SSSR count). The van der Waals surface area contributed by atoms with Crippen LogP contribution in [0.4, 0.5) is 0 Å². The number of oxazole rings is 1. The highest BCUT2D eigenvalue weighted by Crippen LogP contribution is 2.14. The first kappa shape index (κ1) is 11.6. The topological polar surface area (TPSA) is 72.4 Å². The number of carbonyl (C=O) groups is 1. The molecule has 0 aliphatic carbocycles. The molecule has 0 atom stereocenters. The van der Waals surface area contributed by atoms with Crippen LogP contribution in [0.2, 0.25) is 0 Å². The van der Waals surface area contributed by atoms with Crippen molar-refractivity contribution in [2.75, 3.05) is 6.61 Å². The first-order valence-electron chi connectivity index (χ1n) is 5.45. The van der Waals surface area contributed by atoms with Crippen LogP contribution in [-0.4, -0.2) is 22.6 Å². The van der Waals surface area contributed by atoms with Crippen LogP contribution in [0.15, 0.2) is 27.4 Å². The van der Waals surface area contributed by atoms with Gasteiger partial charge in [-0.25, -0.2) is 4.79 Å². The molecule has 17 heavy (non-hydrogen) atoms. The van der Waals surface area contributed by atoms with E-state index in [2.05, 4.69) is 0 Å². The molecule has 1 heterocycles. The van der Waals surface area contributed by atoms with Gasteiger partial charge in [0.05, 0.1) is 5.52 Å². The molecule has 0 saturated heterocycles. The molecule has 1 aromatic heterocycles.